The molecule has 0 aromatic heterocycles. The fourth-order valence-corrected chi connectivity index (χ4v) is 9.08. The van der Waals surface area contributed by atoms with E-state index in [1.165, 1.54) is 47.2 Å². The van der Waals surface area contributed by atoms with Gasteiger partial charge in [0.15, 0.2) is 0 Å². The third-order valence-electron chi connectivity index (χ3n) is 9.14. The molecule has 0 saturated carbocycles. The largest absolute Gasteiger partial charge is 0.477 e. The summed E-state index contributed by atoms with van der Waals surface area (Å²) < 4.78 is 16.3. The molecule has 15 heteroatoms. The van der Waals surface area contributed by atoms with E-state index in [2.05, 4.69) is 5.32 Å². The van der Waals surface area contributed by atoms with Gasteiger partial charge in [0.05, 0.1) is 17.8 Å². The Morgan fingerprint density at radius 2 is 1.46 bits per heavy atom. The van der Waals surface area contributed by atoms with Crippen LogP contribution in [0.15, 0.2) is 107 Å². The molecule has 0 radical (unpaired) electrons. The van der Waals surface area contributed by atoms with Crippen molar-refractivity contribution in [3.8, 4) is 11.5 Å². The number of anilines is 2. The fraction of sp³-hybridized carbons (Fsp3) is 0.220. The minimum atomic E-state index is -1.20. The second-order valence-electron chi connectivity index (χ2n) is 13.1. The van der Waals surface area contributed by atoms with Crippen molar-refractivity contribution in [1.29, 1.82) is 0 Å². The molecule has 4 aromatic rings. The summed E-state index contributed by atoms with van der Waals surface area (Å²) in [6.45, 7) is 2.55. The Morgan fingerprint density at radius 3 is 2.05 bits per heavy atom. The van der Waals surface area contributed by atoms with Crippen molar-refractivity contribution in [2.45, 2.75) is 49.6 Å². The van der Waals surface area contributed by atoms with E-state index < -0.39 is 41.3 Å². The van der Waals surface area contributed by atoms with Crippen LogP contribution in [0.2, 0.25) is 0 Å². The normalized spacial score (nSPS) is 16.8. The average molecular weight is 794 g/mol. The molecule has 56 heavy (non-hydrogen) atoms. The van der Waals surface area contributed by atoms with Crippen LogP contribution >= 0.6 is 23.5 Å². The second-order valence-corrected chi connectivity index (χ2v) is 15.3. The van der Waals surface area contributed by atoms with E-state index in [0.29, 0.717) is 63.1 Å². The SMILES string of the molecule is CC(=O)Oc1ccc2c(c1)Cc1cc(OC(C)=O)ccc1N2C(=O)OCc1ccc(SCC2=C(C(=O)O)N3C(=O)[C@@H](NC(=O)Cc4ccccc4)C3SC2)cc1. The molecule has 7 rings (SSSR count). The molecule has 0 spiro atoms. The molecule has 2 atom stereocenters. The first-order valence-corrected chi connectivity index (χ1v) is 19.5. The summed E-state index contributed by atoms with van der Waals surface area (Å²) in [5.74, 6) is -1.53. The number of fused-ring (bicyclic) bond motifs is 3. The third kappa shape index (κ3) is 8.28. The van der Waals surface area contributed by atoms with E-state index in [4.69, 9.17) is 14.2 Å². The molecule has 2 N–H and O–H groups in total. The predicted molar refractivity (Wildman–Crippen MR) is 208 cm³/mol. The van der Waals surface area contributed by atoms with Crippen LogP contribution in [0.1, 0.15) is 36.1 Å². The molecule has 286 valence electrons. The predicted octanol–water partition coefficient (Wildman–Crippen LogP) is 5.99. The Morgan fingerprint density at radius 1 is 0.839 bits per heavy atom. The number of carbonyl (C=O) groups is 6. The molecule has 4 aromatic carbocycles. The van der Waals surface area contributed by atoms with Crippen LogP contribution in [0.3, 0.4) is 0 Å². The van der Waals surface area contributed by atoms with Crippen LogP contribution < -0.4 is 19.7 Å². The minimum absolute atomic E-state index is 0.0468. The molecule has 1 fully saturated rings. The maximum atomic E-state index is 13.7. The van der Waals surface area contributed by atoms with E-state index in [9.17, 15) is 33.9 Å². The highest BCUT2D eigenvalue weighted by Gasteiger charge is 2.54. The average Bonchev–Trinajstić information content (AvgIpc) is 3.17. The van der Waals surface area contributed by atoms with Crippen molar-refractivity contribution in [1.82, 2.24) is 10.2 Å². The Balaban J connectivity index is 0.985. The first-order valence-electron chi connectivity index (χ1n) is 17.5. The third-order valence-corrected chi connectivity index (χ3v) is 11.6. The molecule has 3 aliphatic heterocycles. The van der Waals surface area contributed by atoms with E-state index >= 15 is 0 Å². The van der Waals surface area contributed by atoms with Crippen LogP contribution in [0.4, 0.5) is 16.2 Å². The fourth-order valence-electron chi connectivity index (χ4n) is 6.70. The van der Waals surface area contributed by atoms with Gasteiger partial charge in [0.1, 0.15) is 35.2 Å². The molecule has 13 nitrogen and oxygen atoms in total. The van der Waals surface area contributed by atoms with Crippen molar-refractivity contribution in [3.05, 3.63) is 125 Å². The molecule has 3 aliphatic rings. The number of carbonyl (C=O) groups excluding carboxylic acids is 5. The van der Waals surface area contributed by atoms with E-state index in [1.54, 1.807) is 36.4 Å². The molecule has 1 unspecified atom stereocenters. The number of amides is 3. The van der Waals surface area contributed by atoms with Crippen LogP contribution in [0.25, 0.3) is 0 Å². The summed E-state index contributed by atoms with van der Waals surface area (Å²) >= 11 is 2.84. The number of ether oxygens (including phenoxy) is 3. The van der Waals surface area contributed by atoms with E-state index in [-0.39, 0.29) is 24.6 Å². The number of aliphatic carboxylic acids is 1. The number of hydrogen-bond donors (Lipinski definition) is 2. The van der Waals surface area contributed by atoms with Crippen molar-refractivity contribution >= 4 is 70.7 Å². The summed E-state index contributed by atoms with van der Waals surface area (Å²) in [6.07, 6.45) is -0.147. The van der Waals surface area contributed by atoms with Gasteiger partial charge in [0.25, 0.3) is 5.91 Å². The first kappa shape index (κ1) is 38.2. The topological polar surface area (TPSA) is 169 Å². The maximum absolute atomic E-state index is 13.7. The maximum Gasteiger partial charge on any atom is 0.419 e. The standard InChI is InChI=1S/C41H35N3O10S2/c1-23(45)53-30-10-14-33-27(18-30)17-28-19-31(54-24(2)46)11-15-34(28)43(33)41(51)52-20-26-8-12-32(13-9-26)55-21-29-22-56-39-36(38(48)44(39)37(29)40(49)50)42-35(47)16-25-6-4-3-5-7-25/h3-15,18-19,36,39H,16-17,20-22H2,1-2H3,(H,42,47)(H,49,50)/t36-,39?/m1/s1. The number of thioether (sulfide) groups is 2. The van der Waals surface area contributed by atoms with Gasteiger partial charge in [-0.3, -0.25) is 24.1 Å². The van der Waals surface area contributed by atoms with Crippen molar-refractivity contribution in [2.75, 3.05) is 16.4 Å². The molecule has 3 amide bonds. The lowest BCUT2D eigenvalue weighted by molar-refractivity contribution is -0.150. The second kappa shape index (κ2) is 16.4. The summed E-state index contributed by atoms with van der Waals surface area (Å²) in [5, 5.41) is 12.4. The number of rotatable bonds is 11. The van der Waals surface area contributed by atoms with Gasteiger partial charge >= 0.3 is 24.0 Å². The summed E-state index contributed by atoms with van der Waals surface area (Å²) in [5.41, 5.74) is 4.59. The van der Waals surface area contributed by atoms with Crippen LogP contribution in [-0.4, -0.2) is 68.7 Å². The van der Waals surface area contributed by atoms with Crippen LogP contribution in [-0.2, 0) is 48.2 Å². The highest BCUT2D eigenvalue weighted by Crippen LogP contribution is 2.43. The molecular weight excluding hydrogens is 759 g/mol. The summed E-state index contributed by atoms with van der Waals surface area (Å²) in [4.78, 5) is 78.6. The number of benzene rings is 4. The lowest BCUT2D eigenvalue weighted by Crippen LogP contribution is -2.70. The Kier molecular flexibility index (Phi) is 11.2. The number of carboxylic acid groups (broad SMARTS) is 1. The summed E-state index contributed by atoms with van der Waals surface area (Å²) in [7, 11) is 0. The summed E-state index contributed by atoms with van der Waals surface area (Å²) in [6, 6.07) is 25.6. The number of esters is 2. The van der Waals surface area contributed by atoms with E-state index in [0.717, 1.165) is 10.5 Å². The molecule has 1 saturated heterocycles. The van der Waals surface area contributed by atoms with Crippen molar-refractivity contribution in [2.24, 2.45) is 0 Å². The van der Waals surface area contributed by atoms with Gasteiger partial charge in [-0.25, -0.2) is 14.5 Å². The number of nitrogens with zero attached hydrogens (tertiary/aromatic N) is 2. The highest BCUT2D eigenvalue weighted by atomic mass is 32.2. The van der Waals surface area contributed by atoms with Gasteiger partial charge < -0.3 is 24.6 Å². The number of β-lactam (4-membered cyclic amide) rings is 1. The van der Waals surface area contributed by atoms with Gasteiger partial charge in [0.2, 0.25) is 5.91 Å². The molecule has 0 aliphatic carbocycles. The van der Waals surface area contributed by atoms with Crippen LogP contribution in [0, 0.1) is 0 Å². The lowest BCUT2D eigenvalue weighted by atomic mass is 9.95. The lowest BCUT2D eigenvalue weighted by Gasteiger charge is -2.49. The number of hydrogen-bond acceptors (Lipinski definition) is 11. The molecular formula is C41H35N3O10S2. The molecule has 3 heterocycles. The highest BCUT2D eigenvalue weighted by molar-refractivity contribution is 8.01. The monoisotopic (exact) mass is 793 g/mol. The number of carboxylic acids is 1. The molecule has 0 bridgehead atoms. The quantitative estimate of drug-likeness (QED) is 0.0789. The Bertz CT molecular complexity index is 2210. The van der Waals surface area contributed by atoms with Gasteiger partial charge in [0, 0.05) is 36.7 Å². The van der Waals surface area contributed by atoms with Gasteiger partial charge in [-0.15, -0.1) is 23.5 Å². The zero-order chi connectivity index (χ0) is 39.5. The van der Waals surface area contributed by atoms with Gasteiger partial charge in [-0.05, 0) is 76.4 Å². The van der Waals surface area contributed by atoms with Crippen molar-refractivity contribution in [3.63, 3.8) is 0 Å². The smallest absolute Gasteiger partial charge is 0.419 e. The Labute approximate surface area is 330 Å². The van der Waals surface area contributed by atoms with Crippen molar-refractivity contribution < 1.29 is 48.1 Å². The first-order chi connectivity index (χ1) is 26.9. The Hall–Kier alpha value is -6.06. The van der Waals surface area contributed by atoms with Crippen LogP contribution in [0.5, 0.6) is 11.5 Å². The zero-order valence-corrected chi connectivity index (χ0v) is 31.8. The minimum Gasteiger partial charge on any atom is -0.477 e. The number of nitrogens with one attached hydrogen (secondary N) is 1. The van der Waals surface area contributed by atoms with Gasteiger partial charge in [-0.2, -0.15) is 0 Å². The van der Waals surface area contributed by atoms with E-state index in [1.807, 2.05) is 54.6 Å². The zero-order valence-electron chi connectivity index (χ0n) is 30.2. The van der Waals surface area contributed by atoms with Gasteiger partial charge in [-0.1, -0.05) is 42.5 Å².